The number of nitrogens with one attached hydrogen (secondary N) is 1. The van der Waals surface area contributed by atoms with Crippen molar-refractivity contribution >= 4 is 28.8 Å². The van der Waals surface area contributed by atoms with Crippen molar-refractivity contribution in [2.75, 3.05) is 38.9 Å². The first kappa shape index (κ1) is 30.6. The van der Waals surface area contributed by atoms with Gasteiger partial charge >= 0.3 is 0 Å². The van der Waals surface area contributed by atoms with Crippen LogP contribution >= 0.6 is 11.3 Å². The van der Waals surface area contributed by atoms with Gasteiger partial charge in [0.2, 0.25) is 6.79 Å². The van der Waals surface area contributed by atoms with E-state index in [0.29, 0.717) is 42.2 Å². The summed E-state index contributed by atoms with van der Waals surface area (Å²) in [5, 5.41) is 15.8. The van der Waals surface area contributed by atoms with Gasteiger partial charge in [0, 0.05) is 48.3 Å². The SMILES string of the molecule is C[C@@H]1CN([C@@H](C)CO)C(=O)c2cccc(NC(=O)c3ccc(-c4nccs4)cc3)c2O[C@@H]1CN(C)Cc1ccc2c(c1)OCO2. The molecule has 3 aromatic carbocycles. The highest BCUT2D eigenvalue weighted by Gasteiger charge is 2.34. The number of carbonyl (C=O) groups excluding carboxylic acids is 2. The van der Waals surface area contributed by atoms with Gasteiger partial charge in [-0.15, -0.1) is 11.3 Å². The molecule has 2 amide bonds. The highest BCUT2D eigenvalue weighted by molar-refractivity contribution is 7.13. The summed E-state index contributed by atoms with van der Waals surface area (Å²) >= 11 is 1.53. The zero-order valence-electron chi connectivity index (χ0n) is 25.4. The minimum absolute atomic E-state index is 0.0857. The first-order chi connectivity index (χ1) is 21.8. The standard InChI is InChI=1S/C34H36N4O6S/c1-21-16-38(22(2)19-39)34(41)26-5-4-6-27(36-32(40)24-8-10-25(11-9-24)33-35-13-14-45-33)31(26)44-30(21)18-37(3)17-23-7-12-28-29(15-23)43-20-42-28/h4-15,21-22,30,39H,16-20H2,1-3H3,(H,36,40)/t21-,22+,30-/m1/s1. The fourth-order valence-corrected chi connectivity index (χ4v) is 6.25. The highest BCUT2D eigenvalue weighted by atomic mass is 32.1. The van der Waals surface area contributed by atoms with Gasteiger partial charge in [-0.3, -0.25) is 14.5 Å². The van der Waals surface area contributed by atoms with Crippen LogP contribution in [0, 0.1) is 5.92 Å². The third-order valence-electron chi connectivity index (χ3n) is 8.15. The van der Waals surface area contributed by atoms with Crippen molar-refractivity contribution in [2.24, 2.45) is 5.92 Å². The summed E-state index contributed by atoms with van der Waals surface area (Å²) in [6, 6.07) is 17.9. The van der Waals surface area contributed by atoms with Crippen LogP contribution in [0.4, 0.5) is 5.69 Å². The predicted molar refractivity (Wildman–Crippen MR) is 172 cm³/mol. The van der Waals surface area contributed by atoms with Crippen LogP contribution in [0.2, 0.25) is 0 Å². The van der Waals surface area contributed by atoms with Crippen molar-refractivity contribution in [3.8, 4) is 27.8 Å². The highest BCUT2D eigenvalue weighted by Crippen LogP contribution is 2.36. The smallest absolute Gasteiger partial charge is 0.258 e. The van der Waals surface area contributed by atoms with E-state index >= 15 is 0 Å². The number of likely N-dealkylation sites (N-methyl/N-ethyl adjacent to an activating group) is 1. The third-order valence-corrected chi connectivity index (χ3v) is 8.97. The van der Waals surface area contributed by atoms with Crippen molar-refractivity contribution < 1.29 is 28.9 Å². The van der Waals surface area contributed by atoms with Crippen LogP contribution in [-0.2, 0) is 6.54 Å². The molecule has 10 nitrogen and oxygen atoms in total. The molecular weight excluding hydrogens is 592 g/mol. The second-order valence-corrected chi connectivity index (χ2v) is 12.5. The summed E-state index contributed by atoms with van der Waals surface area (Å²) in [5.74, 6) is 1.13. The summed E-state index contributed by atoms with van der Waals surface area (Å²) in [5.41, 5.74) is 3.21. The van der Waals surface area contributed by atoms with E-state index in [1.807, 2.05) is 56.6 Å². The molecule has 234 valence electrons. The second-order valence-electron chi connectivity index (χ2n) is 11.6. The molecule has 0 saturated carbocycles. The van der Waals surface area contributed by atoms with Crippen LogP contribution in [0.25, 0.3) is 10.6 Å². The summed E-state index contributed by atoms with van der Waals surface area (Å²) in [6.45, 7) is 5.52. The van der Waals surface area contributed by atoms with Gasteiger partial charge in [0.15, 0.2) is 17.2 Å². The van der Waals surface area contributed by atoms with Gasteiger partial charge in [-0.2, -0.15) is 0 Å². The minimum atomic E-state index is -0.396. The molecule has 3 atom stereocenters. The number of hydrogen-bond donors (Lipinski definition) is 2. The molecule has 6 rings (SSSR count). The Balaban J connectivity index is 1.26. The number of amides is 2. The van der Waals surface area contributed by atoms with Crippen LogP contribution < -0.4 is 19.5 Å². The maximum Gasteiger partial charge on any atom is 0.258 e. The molecule has 2 N–H and O–H groups in total. The molecule has 2 aliphatic heterocycles. The lowest BCUT2D eigenvalue weighted by atomic mass is 9.98. The van der Waals surface area contributed by atoms with Crippen LogP contribution in [0.3, 0.4) is 0 Å². The molecule has 11 heteroatoms. The normalized spacial score (nSPS) is 18.2. The zero-order chi connectivity index (χ0) is 31.5. The molecule has 3 heterocycles. The molecule has 0 bridgehead atoms. The van der Waals surface area contributed by atoms with E-state index < -0.39 is 6.04 Å². The molecule has 0 aliphatic carbocycles. The van der Waals surface area contributed by atoms with E-state index in [9.17, 15) is 14.7 Å². The third kappa shape index (κ3) is 6.65. The number of fused-ring (bicyclic) bond motifs is 2. The summed E-state index contributed by atoms with van der Waals surface area (Å²) in [4.78, 5) is 35.5. The monoisotopic (exact) mass is 628 g/mol. The molecule has 45 heavy (non-hydrogen) atoms. The topological polar surface area (TPSA) is 113 Å². The van der Waals surface area contributed by atoms with Crippen LogP contribution in [-0.4, -0.2) is 77.4 Å². The lowest BCUT2D eigenvalue weighted by Gasteiger charge is -2.38. The second kappa shape index (κ2) is 13.3. The summed E-state index contributed by atoms with van der Waals surface area (Å²) < 4.78 is 17.7. The summed E-state index contributed by atoms with van der Waals surface area (Å²) in [7, 11) is 2.02. The molecule has 2 aliphatic rings. The number of rotatable bonds is 9. The van der Waals surface area contributed by atoms with Gasteiger partial charge < -0.3 is 29.5 Å². The molecule has 0 radical (unpaired) electrons. The Morgan fingerprint density at radius 3 is 2.71 bits per heavy atom. The molecule has 0 fully saturated rings. The van der Waals surface area contributed by atoms with Crippen LogP contribution in [0.1, 0.15) is 40.1 Å². The van der Waals surface area contributed by atoms with Gasteiger partial charge in [-0.25, -0.2) is 4.98 Å². The molecule has 0 saturated heterocycles. The largest absolute Gasteiger partial charge is 0.486 e. The molecule has 0 unspecified atom stereocenters. The fourth-order valence-electron chi connectivity index (χ4n) is 5.61. The molecule has 0 spiro atoms. The number of hydrogen-bond acceptors (Lipinski definition) is 9. The molecule has 4 aromatic rings. The van der Waals surface area contributed by atoms with Gasteiger partial charge in [0.25, 0.3) is 11.8 Å². The van der Waals surface area contributed by atoms with Crippen molar-refractivity contribution in [1.29, 1.82) is 0 Å². The number of carbonyl (C=O) groups is 2. The number of anilines is 1. The number of ether oxygens (including phenoxy) is 3. The number of aromatic nitrogens is 1. The van der Waals surface area contributed by atoms with E-state index in [1.165, 1.54) is 11.3 Å². The van der Waals surface area contributed by atoms with Gasteiger partial charge in [0.05, 0.1) is 23.9 Å². The number of thiazole rings is 1. The molecule has 1 aromatic heterocycles. The van der Waals surface area contributed by atoms with Gasteiger partial charge in [-0.05, 0) is 55.9 Å². The van der Waals surface area contributed by atoms with Crippen LogP contribution in [0.5, 0.6) is 17.2 Å². The first-order valence-electron chi connectivity index (χ1n) is 14.9. The Hall–Kier alpha value is -4.45. The van der Waals surface area contributed by atoms with Crippen LogP contribution in [0.15, 0.2) is 72.2 Å². The lowest BCUT2D eigenvalue weighted by molar-refractivity contribution is 0.0343. The fraction of sp³-hybridized carbons (Fsp3) is 0.324. The van der Waals surface area contributed by atoms with E-state index in [4.69, 9.17) is 14.2 Å². The number of aliphatic hydroxyl groups excluding tert-OH is 1. The maximum absolute atomic E-state index is 13.8. The Labute approximate surface area is 266 Å². The number of para-hydroxylation sites is 1. The van der Waals surface area contributed by atoms with Crippen molar-refractivity contribution in [1.82, 2.24) is 14.8 Å². The quantitative estimate of drug-likeness (QED) is 0.262. The Kier molecular flexibility index (Phi) is 9.02. The Morgan fingerprint density at radius 2 is 1.96 bits per heavy atom. The number of aliphatic hydroxyl groups is 1. The number of benzene rings is 3. The Morgan fingerprint density at radius 1 is 1.16 bits per heavy atom. The lowest BCUT2D eigenvalue weighted by Crippen LogP contribution is -2.49. The summed E-state index contributed by atoms with van der Waals surface area (Å²) in [6.07, 6.45) is 1.41. The van der Waals surface area contributed by atoms with E-state index in [0.717, 1.165) is 27.6 Å². The van der Waals surface area contributed by atoms with Gasteiger partial charge in [0.1, 0.15) is 11.1 Å². The average molecular weight is 629 g/mol. The van der Waals surface area contributed by atoms with Crippen molar-refractivity contribution in [3.05, 3.63) is 88.9 Å². The Bertz CT molecular complexity index is 1660. The first-order valence-corrected chi connectivity index (χ1v) is 15.8. The van der Waals surface area contributed by atoms with Crippen molar-refractivity contribution in [3.63, 3.8) is 0 Å². The van der Waals surface area contributed by atoms with Gasteiger partial charge in [-0.1, -0.05) is 31.2 Å². The molecular formula is C34H36N4O6S. The van der Waals surface area contributed by atoms with Crippen molar-refractivity contribution in [2.45, 2.75) is 32.5 Å². The average Bonchev–Trinajstić information content (AvgIpc) is 3.75. The zero-order valence-corrected chi connectivity index (χ0v) is 26.3. The minimum Gasteiger partial charge on any atom is -0.486 e. The van der Waals surface area contributed by atoms with E-state index in [2.05, 4.69) is 15.2 Å². The maximum atomic E-state index is 13.8. The number of nitrogens with zero attached hydrogens (tertiary/aromatic N) is 3. The predicted octanol–water partition coefficient (Wildman–Crippen LogP) is 5.14. The van der Waals surface area contributed by atoms with E-state index in [1.54, 1.807) is 41.4 Å². The van der Waals surface area contributed by atoms with E-state index in [-0.39, 0.29) is 37.2 Å².